The Morgan fingerprint density at radius 2 is 1.93 bits per heavy atom. The van der Waals surface area contributed by atoms with Gasteiger partial charge < -0.3 is 0 Å². The van der Waals surface area contributed by atoms with Gasteiger partial charge >= 0.3 is 0 Å². The van der Waals surface area contributed by atoms with Gasteiger partial charge in [0.2, 0.25) is 10.0 Å². The molecule has 0 saturated carbocycles. The maximum Gasteiger partial charge on any atom is 0.214 e. The summed E-state index contributed by atoms with van der Waals surface area (Å²) in [6.45, 7) is 0. The van der Waals surface area contributed by atoms with Crippen LogP contribution >= 0.6 is 0 Å². The Hall–Kier alpha value is -0.870. The van der Waals surface area contributed by atoms with E-state index < -0.39 is 10.0 Å². The summed E-state index contributed by atoms with van der Waals surface area (Å²) in [4.78, 5) is 0. The smallest absolute Gasteiger partial charge is 0.212 e. The Balaban J connectivity index is 2.32. The fraction of sp³-hybridized carbons (Fsp3) is 0.400. The quantitative estimate of drug-likeness (QED) is 0.704. The Morgan fingerprint density at radius 1 is 1.29 bits per heavy atom. The third kappa shape index (κ3) is 1.55. The van der Waals surface area contributed by atoms with Crippen LogP contribution < -0.4 is 0 Å². The molecule has 76 valence electrons. The lowest BCUT2D eigenvalue weighted by Crippen LogP contribution is -2.23. The Kier molecular flexibility index (Phi) is 2.33. The van der Waals surface area contributed by atoms with Gasteiger partial charge in [-0.1, -0.05) is 30.3 Å². The van der Waals surface area contributed by atoms with Crippen molar-refractivity contribution < 1.29 is 8.42 Å². The zero-order valence-electron chi connectivity index (χ0n) is 8.05. The molecule has 1 aromatic rings. The summed E-state index contributed by atoms with van der Waals surface area (Å²) in [5.74, 6) is 0.267. The van der Waals surface area contributed by atoms with E-state index in [2.05, 4.69) is 0 Å². The molecule has 1 unspecified atom stereocenters. The lowest BCUT2D eigenvalue weighted by Gasteiger charge is -2.17. The molecule has 0 aromatic heterocycles. The van der Waals surface area contributed by atoms with Gasteiger partial charge in [-0.25, -0.2) is 8.42 Å². The van der Waals surface area contributed by atoms with E-state index in [1.165, 1.54) is 4.31 Å². The topological polar surface area (TPSA) is 37.4 Å². The highest BCUT2D eigenvalue weighted by atomic mass is 32.2. The summed E-state index contributed by atoms with van der Waals surface area (Å²) >= 11 is 0. The van der Waals surface area contributed by atoms with Crippen LogP contribution in [0.4, 0.5) is 0 Å². The largest absolute Gasteiger partial charge is 0.214 e. The SMILES string of the molecule is CN1C(c2ccccc2)CCS1(=O)=O. The number of sulfonamides is 1. The molecule has 1 fully saturated rings. The normalized spacial score (nSPS) is 26.5. The molecule has 0 N–H and O–H groups in total. The van der Waals surface area contributed by atoms with E-state index in [-0.39, 0.29) is 11.8 Å². The molecule has 1 aliphatic heterocycles. The molecule has 1 atom stereocenters. The van der Waals surface area contributed by atoms with Gasteiger partial charge in [-0.15, -0.1) is 0 Å². The van der Waals surface area contributed by atoms with Gasteiger partial charge in [0.05, 0.1) is 11.8 Å². The van der Waals surface area contributed by atoms with Crippen molar-refractivity contribution in [2.75, 3.05) is 12.8 Å². The van der Waals surface area contributed by atoms with Gasteiger partial charge in [-0.3, -0.25) is 0 Å². The first kappa shape index (κ1) is 9.68. The highest BCUT2D eigenvalue weighted by Crippen LogP contribution is 2.31. The van der Waals surface area contributed by atoms with E-state index in [4.69, 9.17) is 0 Å². The maximum atomic E-state index is 11.5. The number of rotatable bonds is 1. The second-order valence-corrected chi connectivity index (χ2v) is 5.70. The van der Waals surface area contributed by atoms with Gasteiger partial charge in [0, 0.05) is 7.05 Å². The minimum atomic E-state index is -2.99. The molecule has 0 radical (unpaired) electrons. The number of hydrogen-bond donors (Lipinski definition) is 0. The highest BCUT2D eigenvalue weighted by molar-refractivity contribution is 7.89. The van der Waals surface area contributed by atoms with Crippen LogP contribution in [-0.2, 0) is 10.0 Å². The van der Waals surface area contributed by atoms with Crippen molar-refractivity contribution in [3.63, 3.8) is 0 Å². The molecule has 0 bridgehead atoms. The van der Waals surface area contributed by atoms with E-state index in [9.17, 15) is 8.42 Å². The summed E-state index contributed by atoms with van der Waals surface area (Å²) in [6, 6.07) is 9.79. The van der Waals surface area contributed by atoms with E-state index in [0.717, 1.165) is 5.56 Å². The van der Waals surface area contributed by atoms with Gasteiger partial charge in [0.25, 0.3) is 0 Å². The van der Waals surface area contributed by atoms with Crippen LogP contribution in [0.5, 0.6) is 0 Å². The van der Waals surface area contributed by atoms with Crippen LogP contribution in [0.25, 0.3) is 0 Å². The van der Waals surface area contributed by atoms with Gasteiger partial charge in [-0.05, 0) is 12.0 Å². The number of hydrogen-bond acceptors (Lipinski definition) is 2. The predicted molar refractivity (Wildman–Crippen MR) is 55.3 cm³/mol. The molecule has 0 spiro atoms. The zero-order valence-corrected chi connectivity index (χ0v) is 8.87. The Labute approximate surface area is 84.4 Å². The van der Waals surface area contributed by atoms with Crippen molar-refractivity contribution in [3.8, 4) is 0 Å². The molecule has 0 amide bonds. The first-order chi connectivity index (χ1) is 6.61. The first-order valence-corrected chi connectivity index (χ1v) is 6.23. The fourth-order valence-electron chi connectivity index (χ4n) is 1.83. The first-order valence-electron chi connectivity index (χ1n) is 4.62. The second-order valence-electron chi connectivity index (χ2n) is 3.55. The van der Waals surface area contributed by atoms with E-state index >= 15 is 0 Å². The molecule has 4 heteroatoms. The Morgan fingerprint density at radius 3 is 2.43 bits per heavy atom. The van der Waals surface area contributed by atoms with Crippen LogP contribution in [0.2, 0.25) is 0 Å². The Bertz CT molecular complexity index is 413. The van der Waals surface area contributed by atoms with Crippen molar-refractivity contribution in [3.05, 3.63) is 35.9 Å². The van der Waals surface area contributed by atoms with Crippen molar-refractivity contribution in [2.45, 2.75) is 12.5 Å². The highest BCUT2D eigenvalue weighted by Gasteiger charge is 2.34. The average molecular weight is 211 g/mol. The van der Waals surface area contributed by atoms with Crippen molar-refractivity contribution in [1.29, 1.82) is 0 Å². The summed E-state index contributed by atoms with van der Waals surface area (Å²) in [5.41, 5.74) is 1.08. The van der Waals surface area contributed by atoms with Crippen LogP contribution in [0, 0.1) is 0 Å². The van der Waals surface area contributed by atoms with Gasteiger partial charge in [0.15, 0.2) is 0 Å². The summed E-state index contributed by atoms with van der Waals surface area (Å²) in [6.07, 6.45) is 0.697. The minimum absolute atomic E-state index is 0.0289. The summed E-state index contributed by atoms with van der Waals surface area (Å²) in [5, 5.41) is 0. The lowest BCUT2D eigenvalue weighted by molar-refractivity contribution is 0.408. The summed E-state index contributed by atoms with van der Waals surface area (Å²) < 4.78 is 24.4. The minimum Gasteiger partial charge on any atom is -0.212 e. The van der Waals surface area contributed by atoms with Crippen LogP contribution in [0.1, 0.15) is 18.0 Å². The van der Waals surface area contributed by atoms with Crippen molar-refractivity contribution in [2.24, 2.45) is 0 Å². The average Bonchev–Trinajstić information content (AvgIpc) is 2.44. The monoisotopic (exact) mass is 211 g/mol. The molecule has 3 nitrogen and oxygen atoms in total. The van der Waals surface area contributed by atoms with Crippen LogP contribution in [0.15, 0.2) is 30.3 Å². The zero-order chi connectivity index (χ0) is 10.2. The van der Waals surface area contributed by atoms with Crippen LogP contribution in [-0.4, -0.2) is 25.5 Å². The second kappa shape index (κ2) is 3.37. The predicted octanol–water partition coefficient (Wildman–Crippen LogP) is 1.39. The van der Waals surface area contributed by atoms with Crippen LogP contribution in [0.3, 0.4) is 0 Å². The standard InChI is InChI=1S/C10H13NO2S/c1-11-10(7-8-14(11,12)13)9-5-3-2-4-6-9/h2-6,10H,7-8H2,1H3. The molecular formula is C10H13NO2S. The van der Waals surface area contributed by atoms with Crippen molar-refractivity contribution in [1.82, 2.24) is 4.31 Å². The number of nitrogens with zero attached hydrogens (tertiary/aromatic N) is 1. The van der Waals surface area contributed by atoms with E-state index in [0.29, 0.717) is 6.42 Å². The summed E-state index contributed by atoms with van der Waals surface area (Å²) in [7, 11) is -1.34. The van der Waals surface area contributed by atoms with Gasteiger partial charge in [0.1, 0.15) is 0 Å². The molecule has 1 aromatic carbocycles. The van der Waals surface area contributed by atoms with Gasteiger partial charge in [-0.2, -0.15) is 4.31 Å². The molecular weight excluding hydrogens is 198 g/mol. The van der Waals surface area contributed by atoms with E-state index in [1.807, 2.05) is 30.3 Å². The third-order valence-electron chi connectivity index (χ3n) is 2.71. The molecule has 0 aliphatic carbocycles. The lowest BCUT2D eigenvalue weighted by atomic mass is 10.1. The third-order valence-corrected chi connectivity index (χ3v) is 4.59. The molecule has 1 saturated heterocycles. The maximum absolute atomic E-state index is 11.5. The van der Waals surface area contributed by atoms with E-state index in [1.54, 1.807) is 7.05 Å². The van der Waals surface area contributed by atoms with Crippen molar-refractivity contribution >= 4 is 10.0 Å². The molecule has 1 heterocycles. The molecule has 1 aliphatic rings. The molecule has 2 rings (SSSR count). The fourth-order valence-corrected chi connectivity index (χ4v) is 3.26. The number of benzene rings is 1. The molecule has 14 heavy (non-hydrogen) atoms.